The van der Waals surface area contributed by atoms with Crippen molar-refractivity contribution in [3.05, 3.63) is 11.7 Å². The van der Waals surface area contributed by atoms with Crippen LogP contribution in [0.25, 0.3) is 0 Å². The molecular formula is C12H21N3O2. The Morgan fingerprint density at radius 3 is 2.76 bits per heavy atom. The van der Waals surface area contributed by atoms with Gasteiger partial charge in [0.1, 0.15) is 5.60 Å². The molecule has 2 N–H and O–H groups in total. The van der Waals surface area contributed by atoms with Crippen molar-refractivity contribution in [2.75, 3.05) is 13.2 Å². The molecular weight excluding hydrogens is 218 g/mol. The topological polar surface area (TPSA) is 74.2 Å². The number of nitrogens with zero attached hydrogens (tertiary/aromatic N) is 2. The Kier molecular flexibility index (Phi) is 3.79. The number of hydrogen-bond donors (Lipinski definition) is 1. The van der Waals surface area contributed by atoms with Crippen LogP contribution in [0.2, 0.25) is 0 Å². The molecule has 2 rings (SSSR count). The van der Waals surface area contributed by atoms with Gasteiger partial charge in [0, 0.05) is 19.1 Å². The average Bonchev–Trinajstić information content (AvgIpc) is 2.97. The fourth-order valence-corrected chi connectivity index (χ4v) is 2.38. The number of ether oxygens (including phenoxy) is 1. The number of aromatic nitrogens is 2. The summed E-state index contributed by atoms with van der Waals surface area (Å²) in [6.45, 7) is 5.18. The van der Waals surface area contributed by atoms with Gasteiger partial charge in [-0.2, -0.15) is 4.98 Å². The predicted octanol–water partition coefficient (Wildman–Crippen LogP) is 1.94. The van der Waals surface area contributed by atoms with Gasteiger partial charge in [-0.1, -0.05) is 12.1 Å². The molecule has 96 valence electrons. The summed E-state index contributed by atoms with van der Waals surface area (Å²) < 4.78 is 11.2. The minimum atomic E-state index is -0.315. The molecule has 0 bridgehead atoms. The molecule has 0 amide bonds. The molecule has 1 fully saturated rings. The average molecular weight is 239 g/mol. The fraction of sp³-hybridized carbons (Fsp3) is 0.833. The van der Waals surface area contributed by atoms with E-state index in [-0.39, 0.29) is 11.5 Å². The summed E-state index contributed by atoms with van der Waals surface area (Å²) in [4.78, 5) is 4.47. The third-order valence-corrected chi connectivity index (χ3v) is 3.46. The van der Waals surface area contributed by atoms with Gasteiger partial charge in [0.15, 0.2) is 0 Å². The summed E-state index contributed by atoms with van der Waals surface area (Å²) in [5.74, 6) is 1.43. The molecule has 5 heteroatoms. The molecule has 0 spiro atoms. The second-order valence-electron chi connectivity index (χ2n) is 4.73. The zero-order valence-electron chi connectivity index (χ0n) is 10.6. The Bertz CT molecular complexity index is 358. The highest BCUT2D eigenvalue weighted by Crippen LogP contribution is 2.40. The van der Waals surface area contributed by atoms with Crippen LogP contribution >= 0.6 is 0 Å². The summed E-state index contributed by atoms with van der Waals surface area (Å²) in [5.41, 5.74) is 5.28. The highest BCUT2D eigenvalue weighted by molar-refractivity contribution is 5.06. The molecule has 0 aromatic carbocycles. The van der Waals surface area contributed by atoms with Crippen LogP contribution in [0.1, 0.15) is 57.2 Å². The van der Waals surface area contributed by atoms with E-state index in [9.17, 15) is 0 Å². The lowest BCUT2D eigenvalue weighted by Gasteiger charge is -2.24. The SMILES string of the molecule is CCOC1(c2noc(C(C)CN)n2)CCCC1. The van der Waals surface area contributed by atoms with Crippen molar-refractivity contribution in [1.29, 1.82) is 0 Å². The second-order valence-corrected chi connectivity index (χ2v) is 4.73. The normalized spacial score (nSPS) is 20.6. The summed E-state index contributed by atoms with van der Waals surface area (Å²) in [5, 5.41) is 4.09. The number of hydrogen-bond acceptors (Lipinski definition) is 5. The van der Waals surface area contributed by atoms with Crippen molar-refractivity contribution in [2.45, 2.75) is 51.0 Å². The zero-order chi connectivity index (χ0) is 12.3. The van der Waals surface area contributed by atoms with Crippen LogP contribution < -0.4 is 5.73 Å². The van der Waals surface area contributed by atoms with Gasteiger partial charge in [-0.3, -0.25) is 0 Å². The standard InChI is InChI=1S/C12H21N3O2/c1-3-16-12(6-4-5-7-12)11-14-10(17-15-11)9(2)8-13/h9H,3-8,13H2,1-2H3. The van der Waals surface area contributed by atoms with Gasteiger partial charge in [-0.05, 0) is 32.6 Å². The van der Waals surface area contributed by atoms with Gasteiger partial charge in [-0.15, -0.1) is 0 Å². The van der Waals surface area contributed by atoms with E-state index in [4.69, 9.17) is 15.0 Å². The minimum Gasteiger partial charge on any atom is -0.367 e. The van der Waals surface area contributed by atoms with Crippen LogP contribution in [0.5, 0.6) is 0 Å². The molecule has 17 heavy (non-hydrogen) atoms. The first-order valence-corrected chi connectivity index (χ1v) is 6.40. The molecule has 1 aromatic heterocycles. The van der Waals surface area contributed by atoms with Crippen molar-refractivity contribution in [2.24, 2.45) is 5.73 Å². The van der Waals surface area contributed by atoms with Gasteiger partial charge in [-0.25, -0.2) is 0 Å². The predicted molar refractivity (Wildman–Crippen MR) is 63.5 cm³/mol. The molecule has 5 nitrogen and oxygen atoms in total. The van der Waals surface area contributed by atoms with E-state index in [0.717, 1.165) is 25.7 Å². The summed E-state index contributed by atoms with van der Waals surface area (Å²) in [6.07, 6.45) is 4.29. The van der Waals surface area contributed by atoms with E-state index in [1.54, 1.807) is 0 Å². The van der Waals surface area contributed by atoms with E-state index >= 15 is 0 Å². The zero-order valence-corrected chi connectivity index (χ0v) is 10.6. The van der Waals surface area contributed by atoms with Crippen LogP contribution in [-0.4, -0.2) is 23.3 Å². The van der Waals surface area contributed by atoms with Crippen molar-refractivity contribution in [3.8, 4) is 0 Å². The third kappa shape index (κ3) is 2.35. The minimum absolute atomic E-state index is 0.108. The first-order valence-electron chi connectivity index (χ1n) is 6.40. The molecule has 1 unspecified atom stereocenters. The quantitative estimate of drug-likeness (QED) is 0.850. The van der Waals surface area contributed by atoms with E-state index in [2.05, 4.69) is 10.1 Å². The van der Waals surface area contributed by atoms with Crippen LogP contribution in [0, 0.1) is 0 Å². The summed E-state index contributed by atoms with van der Waals surface area (Å²) in [6, 6.07) is 0. The molecule has 1 saturated carbocycles. The smallest absolute Gasteiger partial charge is 0.230 e. The van der Waals surface area contributed by atoms with Crippen LogP contribution in [0.15, 0.2) is 4.52 Å². The van der Waals surface area contributed by atoms with E-state index < -0.39 is 0 Å². The van der Waals surface area contributed by atoms with Crippen LogP contribution in [0.3, 0.4) is 0 Å². The maximum atomic E-state index is 5.89. The summed E-state index contributed by atoms with van der Waals surface area (Å²) in [7, 11) is 0. The first kappa shape index (κ1) is 12.5. The number of rotatable bonds is 5. The van der Waals surface area contributed by atoms with Gasteiger partial charge in [0.25, 0.3) is 0 Å². The van der Waals surface area contributed by atoms with Gasteiger partial charge >= 0.3 is 0 Å². The van der Waals surface area contributed by atoms with Crippen LogP contribution in [0.4, 0.5) is 0 Å². The third-order valence-electron chi connectivity index (χ3n) is 3.46. The molecule has 1 aromatic rings. The number of nitrogens with two attached hydrogens (primary N) is 1. The van der Waals surface area contributed by atoms with Crippen molar-refractivity contribution >= 4 is 0 Å². The highest BCUT2D eigenvalue weighted by Gasteiger charge is 2.41. The molecule has 1 aliphatic rings. The fourth-order valence-electron chi connectivity index (χ4n) is 2.38. The Hall–Kier alpha value is -0.940. The Labute approximate surface area is 102 Å². The summed E-state index contributed by atoms with van der Waals surface area (Å²) >= 11 is 0. The van der Waals surface area contributed by atoms with Gasteiger partial charge < -0.3 is 15.0 Å². The molecule has 1 atom stereocenters. The largest absolute Gasteiger partial charge is 0.367 e. The molecule has 0 radical (unpaired) electrons. The second kappa shape index (κ2) is 5.14. The van der Waals surface area contributed by atoms with Gasteiger partial charge in [0.2, 0.25) is 11.7 Å². The highest BCUT2D eigenvalue weighted by atomic mass is 16.5. The van der Waals surface area contributed by atoms with E-state index in [1.165, 1.54) is 0 Å². The van der Waals surface area contributed by atoms with Crippen molar-refractivity contribution in [1.82, 2.24) is 10.1 Å². The Morgan fingerprint density at radius 2 is 2.18 bits per heavy atom. The lowest BCUT2D eigenvalue weighted by molar-refractivity contribution is -0.0469. The molecule has 1 heterocycles. The van der Waals surface area contributed by atoms with E-state index in [0.29, 0.717) is 24.9 Å². The Balaban J connectivity index is 2.22. The van der Waals surface area contributed by atoms with Crippen LogP contribution in [-0.2, 0) is 10.3 Å². The van der Waals surface area contributed by atoms with E-state index in [1.807, 2.05) is 13.8 Å². The van der Waals surface area contributed by atoms with Crippen molar-refractivity contribution in [3.63, 3.8) is 0 Å². The van der Waals surface area contributed by atoms with Gasteiger partial charge in [0.05, 0.1) is 0 Å². The molecule has 0 aliphatic heterocycles. The first-order chi connectivity index (χ1) is 8.22. The monoisotopic (exact) mass is 239 g/mol. The molecule has 0 saturated heterocycles. The molecule has 1 aliphatic carbocycles. The Morgan fingerprint density at radius 1 is 1.47 bits per heavy atom. The van der Waals surface area contributed by atoms with Crippen molar-refractivity contribution < 1.29 is 9.26 Å². The lowest BCUT2D eigenvalue weighted by atomic mass is 10.0. The maximum Gasteiger partial charge on any atom is 0.230 e. The lowest BCUT2D eigenvalue weighted by Crippen LogP contribution is -2.27. The maximum absolute atomic E-state index is 5.89.